The number of hydrogen-bond donors (Lipinski definition) is 0. The third-order valence-corrected chi connectivity index (χ3v) is 6.89. The molecule has 1 heterocycles. The Bertz CT molecular complexity index is 259. The van der Waals surface area contributed by atoms with Crippen molar-refractivity contribution in [3.05, 3.63) is 25.1 Å². The van der Waals surface area contributed by atoms with Crippen LogP contribution in [0.4, 0.5) is 0 Å². The van der Waals surface area contributed by atoms with Gasteiger partial charge >= 0.3 is 0 Å². The predicted octanol–water partition coefficient (Wildman–Crippen LogP) is 3.08. The minimum atomic E-state index is -1.12. The maximum absolute atomic E-state index is 3.91. The third-order valence-electron chi connectivity index (χ3n) is 2.96. The van der Waals surface area contributed by atoms with Crippen molar-refractivity contribution in [2.75, 3.05) is 0 Å². The highest BCUT2D eigenvalue weighted by molar-refractivity contribution is 6.55. The van der Waals surface area contributed by atoms with E-state index >= 15 is 0 Å². The number of allylic oxidation sites excluding steroid dienone is 1. The van der Waals surface area contributed by atoms with Crippen LogP contribution < -0.4 is 0 Å². The Balaban J connectivity index is 2.94. The first-order valence-corrected chi connectivity index (χ1v) is 7.89. The van der Waals surface area contributed by atoms with Gasteiger partial charge in [0.05, 0.1) is 0 Å². The van der Waals surface area contributed by atoms with Crippen LogP contribution in [0.15, 0.2) is 25.1 Å². The van der Waals surface area contributed by atoms with Crippen LogP contribution in [-0.2, 0) is 0 Å². The molecule has 0 atom stereocenters. The van der Waals surface area contributed by atoms with Gasteiger partial charge in [0.25, 0.3) is 9.12 Å². The van der Waals surface area contributed by atoms with Crippen molar-refractivity contribution in [2.24, 2.45) is 0 Å². The lowest BCUT2D eigenvalue weighted by atomic mass is 10.1. The Hall–Kier alpha value is -0.703. The van der Waals surface area contributed by atoms with Crippen LogP contribution in [0, 0.1) is 0 Å². The van der Waals surface area contributed by atoms with E-state index in [2.05, 4.69) is 75.7 Å². The summed E-state index contributed by atoms with van der Waals surface area (Å²) in [6, 6.07) is 1.13. The van der Waals surface area contributed by atoms with Crippen molar-refractivity contribution in [3.63, 3.8) is 0 Å². The predicted molar refractivity (Wildman–Crippen MR) is 74.5 cm³/mol. The number of hydrogen-bond acceptors (Lipinski definition) is 2. The summed E-state index contributed by atoms with van der Waals surface area (Å²) >= 11 is 0. The van der Waals surface area contributed by atoms with Gasteiger partial charge in [-0.1, -0.05) is 6.08 Å². The van der Waals surface area contributed by atoms with Crippen molar-refractivity contribution >= 4 is 9.12 Å². The lowest BCUT2D eigenvalue weighted by Crippen LogP contribution is -2.56. The van der Waals surface area contributed by atoms with E-state index in [0.29, 0.717) is 0 Å². The Morgan fingerprint density at radius 1 is 1.00 bits per heavy atom. The van der Waals surface area contributed by atoms with E-state index < -0.39 is 9.12 Å². The first-order valence-electron chi connectivity index (χ1n) is 6.04. The smallest absolute Gasteiger partial charge is 0.251 e. The second-order valence-electron chi connectivity index (χ2n) is 6.46. The summed E-state index contributed by atoms with van der Waals surface area (Å²) in [5.74, 6) is 0. The summed E-state index contributed by atoms with van der Waals surface area (Å²) in [6.07, 6.45) is 6.61. The zero-order valence-electron chi connectivity index (χ0n) is 11.6. The minimum absolute atomic E-state index is 0.219. The molecule has 0 saturated carbocycles. The molecule has 0 aromatic carbocycles. The summed E-state index contributed by atoms with van der Waals surface area (Å²) in [4.78, 5) is 0. The van der Waals surface area contributed by atoms with Gasteiger partial charge in [-0.2, -0.15) is 0 Å². The fourth-order valence-electron chi connectivity index (χ4n) is 2.19. The fraction of sp³-hybridized carbons (Fsp3) is 0.692. The molecule has 0 fully saturated rings. The lowest BCUT2D eigenvalue weighted by molar-refractivity contribution is 0.281. The molecule has 3 heteroatoms. The first kappa shape index (κ1) is 13.4. The molecule has 0 bridgehead atoms. The largest absolute Gasteiger partial charge is 0.383 e. The van der Waals surface area contributed by atoms with Gasteiger partial charge in [0, 0.05) is 23.5 Å². The molecule has 0 aliphatic carbocycles. The van der Waals surface area contributed by atoms with Crippen LogP contribution in [0.2, 0.25) is 6.04 Å². The van der Waals surface area contributed by atoms with Crippen LogP contribution >= 0.6 is 0 Å². The van der Waals surface area contributed by atoms with Crippen molar-refractivity contribution in [2.45, 2.75) is 58.7 Å². The van der Waals surface area contributed by atoms with E-state index in [1.165, 1.54) is 0 Å². The summed E-state index contributed by atoms with van der Waals surface area (Å²) in [5, 5.41) is 0. The molecule has 1 rings (SSSR count). The monoisotopic (exact) mass is 238 g/mol. The first-order chi connectivity index (χ1) is 7.18. The fourth-order valence-corrected chi connectivity index (χ4v) is 5.55. The minimum Gasteiger partial charge on any atom is -0.383 e. The van der Waals surface area contributed by atoms with E-state index in [4.69, 9.17) is 0 Å². The van der Waals surface area contributed by atoms with Gasteiger partial charge in [-0.3, -0.25) is 0 Å². The summed E-state index contributed by atoms with van der Waals surface area (Å²) in [6.45, 7) is 17.6. The van der Waals surface area contributed by atoms with Gasteiger partial charge < -0.3 is 9.13 Å². The number of rotatable bonds is 2. The van der Waals surface area contributed by atoms with Crippen molar-refractivity contribution in [1.82, 2.24) is 9.13 Å². The summed E-state index contributed by atoms with van der Waals surface area (Å²) in [5.41, 5.74) is 0.437. The molecular weight excluding hydrogens is 212 g/mol. The van der Waals surface area contributed by atoms with E-state index in [-0.39, 0.29) is 11.1 Å². The topological polar surface area (TPSA) is 6.48 Å². The van der Waals surface area contributed by atoms with Gasteiger partial charge in [0.1, 0.15) is 0 Å². The van der Waals surface area contributed by atoms with Crippen LogP contribution in [0.1, 0.15) is 41.5 Å². The molecule has 0 amide bonds. The van der Waals surface area contributed by atoms with Crippen molar-refractivity contribution in [3.8, 4) is 0 Å². The molecule has 0 saturated heterocycles. The second kappa shape index (κ2) is 4.28. The van der Waals surface area contributed by atoms with Crippen LogP contribution in [0.3, 0.4) is 0 Å². The highest BCUT2D eigenvalue weighted by Crippen LogP contribution is 2.30. The normalized spacial score (nSPS) is 18.4. The Morgan fingerprint density at radius 3 is 1.62 bits per heavy atom. The molecule has 0 unspecified atom stereocenters. The summed E-state index contributed by atoms with van der Waals surface area (Å²) in [7, 11) is -1.12. The zero-order valence-corrected chi connectivity index (χ0v) is 12.8. The maximum atomic E-state index is 3.91. The molecule has 2 nitrogen and oxygen atoms in total. The van der Waals surface area contributed by atoms with E-state index in [9.17, 15) is 0 Å². The lowest BCUT2D eigenvalue weighted by Gasteiger charge is -2.44. The SMILES string of the molecule is C=CC[SiH]1N(C(C)(C)C)C=CN1C(C)(C)C. The standard InChI is InChI=1S/C13H26N2Si/c1-8-11-16-14(12(2,3)4)9-10-15(16)13(5,6)7/h8-10,16H,1,11H2,2-7H3. The average Bonchev–Trinajstić information content (AvgIpc) is 2.46. The molecule has 0 aromatic heterocycles. The average molecular weight is 238 g/mol. The van der Waals surface area contributed by atoms with Gasteiger partial charge in [-0.05, 0) is 47.6 Å². The Labute approximate surface area is 102 Å². The molecule has 92 valence electrons. The van der Waals surface area contributed by atoms with E-state index in [0.717, 1.165) is 6.04 Å². The highest BCUT2D eigenvalue weighted by Gasteiger charge is 2.38. The molecule has 1 aliphatic rings. The quantitative estimate of drug-likeness (QED) is 0.539. The Morgan fingerprint density at radius 2 is 1.38 bits per heavy atom. The third kappa shape index (κ3) is 2.70. The van der Waals surface area contributed by atoms with E-state index in [1.54, 1.807) is 0 Å². The van der Waals surface area contributed by atoms with Crippen molar-refractivity contribution < 1.29 is 0 Å². The molecule has 0 radical (unpaired) electrons. The van der Waals surface area contributed by atoms with Crippen LogP contribution in [0.25, 0.3) is 0 Å². The molecule has 16 heavy (non-hydrogen) atoms. The summed E-state index contributed by atoms with van der Waals surface area (Å²) < 4.78 is 5.11. The van der Waals surface area contributed by atoms with Gasteiger partial charge in [0.2, 0.25) is 0 Å². The maximum Gasteiger partial charge on any atom is 0.251 e. The zero-order chi connectivity index (χ0) is 12.6. The van der Waals surface area contributed by atoms with Crippen LogP contribution in [-0.4, -0.2) is 29.3 Å². The van der Waals surface area contributed by atoms with Crippen LogP contribution in [0.5, 0.6) is 0 Å². The molecular formula is C13H26N2Si. The van der Waals surface area contributed by atoms with Gasteiger partial charge in [0.15, 0.2) is 0 Å². The molecule has 0 aromatic rings. The van der Waals surface area contributed by atoms with E-state index in [1.807, 2.05) is 0 Å². The Kier molecular flexibility index (Phi) is 3.58. The molecule has 0 spiro atoms. The highest BCUT2D eigenvalue weighted by atomic mass is 28.3. The van der Waals surface area contributed by atoms with Gasteiger partial charge in [-0.25, -0.2) is 0 Å². The second-order valence-corrected chi connectivity index (χ2v) is 9.00. The number of nitrogens with zero attached hydrogens (tertiary/aromatic N) is 2. The molecule has 0 N–H and O–H groups in total. The van der Waals surface area contributed by atoms with Gasteiger partial charge in [-0.15, -0.1) is 6.58 Å². The molecule has 1 aliphatic heterocycles. The van der Waals surface area contributed by atoms with Crippen molar-refractivity contribution in [1.29, 1.82) is 0 Å².